The molecule has 1 radical (unpaired) electrons. The van der Waals surface area contributed by atoms with Gasteiger partial charge in [-0.2, -0.15) is 0 Å². The van der Waals surface area contributed by atoms with Crippen LogP contribution in [-0.4, -0.2) is 33.2 Å². The average Bonchev–Trinajstić information content (AvgIpc) is 3.22. The predicted molar refractivity (Wildman–Crippen MR) is 125 cm³/mol. The van der Waals surface area contributed by atoms with Gasteiger partial charge < -0.3 is 19.0 Å². The van der Waals surface area contributed by atoms with Crippen LogP contribution in [0.1, 0.15) is 85.4 Å². The molecule has 2 aliphatic rings. The fraction of sp³-hybridized carbons (Fsp3) is 0.600. The third-order valence-electron chi connectivity index (χ3n) is 6.32. The van der Waals surface area contributed by atoms with Crippen LogP contribution in [0.4, 0.5) is 0 Å². The molecule has 32 heavy (non-hydrogen) atoms. The van der Waals surface area contributed by atoms with Crippen molar-refractivity contribution < 1.29 is 28.6 Å². The minimum absolute atomic E-state index is 0.0875. The van der Waals surface area contributed by atoms with Crippen molar-refractivity contribution in [1.29, 1.82) is 0 Å². The summed E-state index contributed by atoms with van der Waals surface area (Å²) in [6.07, 6.45) is 5.07. The highest BCUT2D eigenvalue weighted by Crippen LogP contribution is 2.47. The summed E-state index contributed by atoms with van der Waals surface area (Å²) in [5.41, 5.74) is 5.03. The van der Waals surface area contributed by atoms with Crippen LogP contribution in [0.5, 0.6) is 5.75 Å². The van der Waals surface area contributed by atoms with Crippen molar-refractivity contribution >= 4 is 21.0 Å². The maximum atomic E-state index is 13.1. The van der Waals surface area contributed by atoms with E-state index >= 15 is 0 Å². The Hall–Kier alpha value is -2.12. The molecule has 1 aliphatic carbocycles. The Bertz CT molecular complexity index is 941. The van der Waals surface area contributed by atoms with Gasteiger partial charge in [-0.3, -0.25) is 4.79 Å². The van der Waals surface area contributed by atoms with Crippen molar-refractivity contribution in [3.63, 3.8) is 0 Å². The van der Waals surface area contributed by atoms with Gasteiger partial charge in [-0.25, -0.2) is 4.79 Å². The molecule has 6 nitrogen and oxygen atoms in total. The average molecular weight is 460 g/mol. The number of ether oxygens (including phenoxy) is 2. The molecule has 0 amide bonds. The van der Waals surface area contributed by atoms with Gasteiger partial charge in [0.2, 0.25) is 15.3 Å². The maximum absolute atomic E-state index is 13.1. The van der Waals surface area contributed by atoms with Crippen LogP contribution in [0, 0.1) is 12.8 Å². The van der Waals surface area contributed by atoms with Crippen molar-refractivity contribution in [2.75, 3.05) is 7.11 Å². The van der Waals surface area contributed by atoms with Gasteiger partial charge in [0.15, 0.2) is 0 Å². The number of methoxy groups -OCH3 is 1. The first kappa shape index (κ1) is 24.5. The second kappa shape index (κ2) is 9.39. The number of carboxylic acids is 1. The Balaban J connectivity index is 2.16. The highest BCUT2D eigenvalue weighted by atomic mass is 28.3. The van der Waals surface area contributed by atoms with E-state index < -0.39 is 21.3 Å². The smallest absolute Gasteiger partial charge is 0.341 e. The van der Waals surface area contributed by atoms with E-state index in [1.54, 1.807) is 7.11 Å². The molecule has 2 atom stereocenters. The van der Waals surface area contributed by atoms with Gasteiger partial charge in [0.1, 0.15) is 5.75 Å². The van der Waals surface area contributed by atoms with Crippen molar-refractivity contribution in [3.8, 4) is 5.75 Å². The third-order valence-corrected chi connectivity index (χ3v) is 7.01. The predicted octanol–water partition coefficient (Wildman–Crippen LogP) is 5.48. The summed E-state index contributed by atoms with van der Waals surface area (Å²) in [5.74, 6) is -0.260. The van der Waals surface area contributed by atoms with Crippen molar-refractivity contribution in [3.05, 3.63) is 39.5 Å². The number of carbonyl (C=O) groups excluding carboxylic acids is 1. The van der Waals surface area contributed by atoms with Crippen molar-refractivity contribution in [2.24, 2.45) is 5.92 Å². The van der Waals surface area contributed by atoms with Crippen LogP contribution in [-0.2, 0) is 25.8 Å². The minimum atomic E-state index is -1.09. The van der Waals surface area contributed by atoms with Crippen LogP contribution in [0.25, 0.3) is 0 Å². The normalized spacial score (nSPS) is 21.9. The first-order chi connectivity index (χ1) is 15.0. The largest absolute Gasteiger partial charge is 0.496 e. The summed E-state index contributed by atoms with van der Waals surface area (Å²) in [5, 5.41) is 9.26. The van der Waals surface area contributed by atoms with E-state index in [1.807, 2.05) is 20.0 Å². The number of carbonyl (C=O) groups is 2. The van der Waals surface area contributed by atoms with E-state index in [4.69, 9.17) is 13.9 Å². The van der Waals surface area contributed by atoms with Crippen LogP contribution >= 0.6 is 0 Å². The second-order valence-electron chi connectivity index (χ2n) is 9.98. The number of allylic oxidation sites excluding steroid dienone is 2. The zero-order chi connectivity index (χ0) is 23.8. The SMILES string of the molecule is COc1c(C)c2c(c(C(C)(C)C)c1CC=C1CCCC1CC(=O)O)C(=O)OC2O[Si](C)C. The molecule has 0 bridgehead atoms. The molecule has 1 heterocycles. The molecule has 0 aromatic heterocycles. The number of cyclic esters (lactones) is 1. The molecule has 1 saturated carbocycles. The quantitative estimate of drug-likeness (QED) is 0.330. The van der Waals surface area contributed by atoms with Crippen LogP contribution in [0.2, 0.25) is 13.1 Å². The van der Waals surface area contributed by atoms with Gasteiger partial charge in [-0.15, -0.1) is 0 Å². The molecule has 175 valence electrons. The lowest BCUT2D eigenvalue weighted by Gasteiger charge is -2.28. The van der Waals surface area contributed by atoms with Gasteiger partial charge in [0, 0.05) is 16.7 Å². The van der Waals surface area contributed by atoms with Crippen molar-refractivity contribution in [1.82, 2.24) is 0 Å². The Labute approximate surface area is 192 Å². The van der Waals surface area contributed by atoms with E-state index in [2.05, 4.69) is 26.8 Å². The topological polar surface area (TPSA) is 82.1 Å². The number of hydrogen-bond acceptors (Lipinski definition) is 5. The van der Waals surface area contributed by atoms with Gasteiger partial charge >= 0.3 is 11.9 Å². The summed E-state index contributed by atoms with van der Waals surface area (Å²) >= 11 is 0. The molecule has 1 N–H and O–H groups in total. The summed E-state index contributed by atoms with van der Waals surface area (Å²) in [4.78, 5) is 24.3. The molecule has 1 fully saturated rings. The fourth-order valence-electron chi connectivity index (χ4n) is 5.14. The summed E-state index contributed by atoms with van der Waals surface area (Å²) in [6.45, 7) is 12.3. The zero-order valence-corrected chi connectivity index (χ0v) is 21.3. The van der Waals surface area contributed by atoms with E-state index in [0.717, 1.165) is 47.3 Å². The molecule has 0 saturated heterocycles. The highest BCUT2D eigenvalue weighted by Gasteiger charge is 2.42. The molecule has 1 aliphatic heterocycles. The number of benzene rings is 1. The molecular weight excluding hydrogens is 424 g/mol. The van der Waals surface area contributed by atoms with E-state index in [-0.39, 0.29) is 23.7 Å². The number of carboxylic acid groups (broad SMARTS) is 1. The first-order valence-corrected chi connectivity index (χ1v) is 13.7. The van der Waals surface area contributed by atoms with Crippen LogP contribution < -0.4 is 4.74 Å². The number of aliphatic carboxylic acids is 1. The number of hydrogen-bond donors (Lipinski definition) is 1. The molecule has 2 unspecified atom stereocenters. The lowest BCUT2D eigenvalue weighted by molar-refractivity contribution is -0.137. The van der Waals surface area contributed by atoms with Crippen LogP contribution in [0.15, 0.2) is 11.6 Å². The Morgan fingerprint density at radius 2 is 2.00 bits per heavy atom. The number of rotatable bonds is 7. The van der Waals surface area contributed by atoms with E-state index in [0.29, 0.717) is 12.0 Å². The monoisotopic (exact) mass is 459 g/mol. The fourth-order valence-corrected chi connectivity index (χ4v) is 5.73. The molecular formula is C25H35O6Si. The highest BCUT2D eigenvalue weighted by molar-refractivity contribution is 6.48. The minimum Gasteiger partial charge on any atom is -0.496 e. The van der Waals surface area contributed by atoms with E-state index in [1.165, 1.54) is 5.57 Å². The summed E-state index contributed by atoms with van der Waals surface area (Å²) < 4.78 is 17.6. The molecule has 0 spiro atoms. The zero-order valence-electron chi connectivity index (χ0n) is 20.3. The molecule has 1 aromatic carbocycles. The Morgan fingerprint density at radius 3 is 2.56 bits per heavy atom. The Kier molecular flexibility index (Phi) is 7.20. The van der Waals surface area contributed by atoms with Crippen molar-refractivity contribution in [2.45, 2.75) is 84.6 Å². The second-order valence-corrected chi connectivity index (χ2v) is 12.0. The standard InChI is InChI=1S/C25H35O6Si/c1-14-19-20(23(28)30-24(19)31-32(6)7)21(25(2,3)4)17(22(14)29-5)12-11-15-9-8-10-16(15)13-18(26)27/h11,16,24H,8-10,12-13H2,1-7H3,(H,26,27). The lowest BCUT2D eigenvalue weighted by atomic mass is 9.76. The van der Waals surface area contributed by atoms with Gasteiger partial charge in [0.05, 0.1) is 19.1 Å². The third kappa shape index (κ3) is 4.78. The van der Waals surface area contributed by atoms with Gasteiger partial charge in [-0.1, -0.05) is 32.4 Å². The van der Waals surface area contributed by atoms with E-state index in [9.17, 15) is 14.7 Å². The van der Waals surface area contributed by atoms with Crippen LogP contribution in [0.3, 0.4) is 0 Å². The maximum Gasteiger partial charge on any atom is 0.341 e. The molecule has 3 rings (SSSR count). The first-order valence-electron chi connectivity index (χ1n) is 11.3. The Morgan fingerprint density at radius 1 is 1.31 bits per heavy atom. The van der Waals surface area contributed by atoms with Gasteiger partial charge in [-0.05, 0) is 62.6 Å². The molecule has 1 aromatic rings. The summed E-state index contributed by atoms with van der Waals surface area (Å²) in [6, 6.07) is 0. The number of fused-ring (bicyclic) bond motifs is 1. The molecule has 7 heteroatoms. The summed E-state index contributed by atoms with van der Waals surface area (Å²) in [7, 11) is 0.568. The lowest BCUT2D eigenvalue weighted by Crippen LogP contribution is -2.21. The number of esters is 1. The van der Waals surface area contributed by atoms with Gasteiger partial charge in [0.25, 0.3) is 0 Å².